The van der Waals surface area contributed by atoms with Crippen LogP contribution in [0, 0.1) is 6.92 Å². The second-order valence-electron chi connectivity index (χ2n) is 6.00. The summed E-state index contributed by atoms with van der Waals surface area (Å²) in [6.07, 6.45) is 0.992. The third-order valence-corrected chi connectivity index (χ3v) is 5.33. The van der Waals surface area contributed by atoms with Gasteiger partial charge in [0.25, 0.3) is 0 Å². The van der Waals surface area contributed by atoms with Crippen molar-refractivity contribution < 1.29 is 0 Å². The lowest BCUT2D eigenvalue weighted by Gasteiger charge is -2.24. The quantitative estimate of drug-likeness (QED) is 0.652. The van der Waals surface area contributed by atoms with Gasteiger partial charge in [-0.15, -0.1) is 11.3 Å². The van der Waals surface area contributed by atoms with E-state index in [1.165, 1.54) is 11.3 Å². The van der Waals surface area contributed by atoms with Gasteiger partial charge in [0.1, 0.15) is 5.69 Å². The van der Waals surface area contributed by atoms with Crippen molar-refractivity contribution in [1.82, 2.24) is 0 Å². The molecule has 2 aromatic carbocycles. The van der Waals surface area contributed by atoms with E-state index in [1.54, 1.807) is 11.3 Å². The second kappa shape index (κ2) is 4.96. The van der Waals surface area contributed by atoms with E-state index >= 15 is 0 Å². The number of aryl methyl sites for hydroxylation is 1. The Morgan fingerprint density at radius 1 is 1.14 bits per heavy atom. The number of para-hydroxylation sites is 1. The number of hydrogen-bond acceptors (Lipinski definition) is 3. The third kappa shape index (κ3) is 1.97. The predicted molar refractivity (Wildman–Crippen MR) is 94.6 cm³/mol. The van der Waals surface area contributed by atoms with Crippen LogP contribution in [0.3, 0.4) is 0 Å². The summed E-state index contributed by atoms with van der Waals surface area (Å²) in [5.41, 5.74) is 4.57. The van der Waals surface area contributed by atoms with Crippen LogP contribution >= 0.6 is 11.3 Å². The largest absolute Gasteiger partial charge is 0.334 e. The molecule has 0 fully saturated rings. The van der Waals surface area contributed by atoms with Crippen LogP contribution < -0.4 is 10.3 Å². The Balaban J connectivity index is 1.95. The highest BCUT2D eigenvalue weighted by atomic mass is 32.1. The minimum Gasteiger partial charge on any atom is -0.334 e. The van der Waals surface area contributed by atoms with Crippen LogP contribution in [0.15, 0.2) is 52.6 Å². The molecule has 1 aromatic heterocycles. The summed E-state index contributed by atoms with van der Waals surface area (Å²) in [5.74, 6) is 0. The van der Waals surface area contributed by atoms with Gasteiger partial charge in [0.15, 0.2) is 0 Å². The minimum absolute atomic E-state index is 0.140. The van der Waals surface area contributed by atoms with Gasteiger partial charge in [-0.1, -0.05) is 29.8 Å². The SMILES string of the molecule is Cc1ccc2scc(N3c4ccccc4CC3C)c(=O)c2c1. The van der Waals surface area contributed by atoms with Gasteiger partial charge in [0.05, 0.1) is 0 Å². The first-order chi connectivity index (χ1) is 10.6. The van der Waals surface area contributed by atoms with E-state index < -0.39 is 0 Å². The average Bonchev–Trinajstić information content (AvgIpc) is 2.84. The molecule has 110 valence electrons. The first-order valence-corrected chi connectivity index (χ1v) is 8.42. The lowest BCUT2D eigenvalue weighted by atomic mass is 10.1. The van der Waals surface area contributed by atoms with Gasteiger partial charge in [0.2, 0.25) is 5.43 Å². The molecule has 3 aromatic rings. The van der Waals surface area contributed by atoms with Gasteiger partial charge in [-0.2, -0.15) is 0 Å². The smallest absolute Gasteiger partial charge is 0.211 e. The van der Waals surface area contributed by atoms with Crippen molar-refractivity contribution in [2.75, 3.05) is 4.90 Å². The van der Waals surface area contributed by atoms with Crippen LogP contribution in [0.2, 0.25) is 0 Å². The first kappa shape index (κ1) is 13.5. The Kier molecular flexibility index (Phi) is 3.05. The normalized spacial score (nSPS) is 17.0. The third-order valence-electron chi connectivity index (χ3n) is 4.38. The maximum atomic E-state index is 13.0. The van der Waals surface area contributed by atoms with Crippen LogP contribution in [-0.2, 0) is 6.42 Å². The molecule has 0 spiro atoms. The molecule has 2 nitrogen and oxygen atoms in total. The molecule has 0 amide bonds. The van der Waals surface area contributed by atoms with Crippen molar-refractivity contribution in [3.05, 3.63) is 69.2 Å². The van der Waals surface area contributed by atoms with Gasteiger partial charge in [0, 0.05) is 27.2 Å². The predicted octanol–water partition coefficient (Wildman–Crippen LogP) is 4.65. The number of anilines is 2. The second-order valence-corrected chi connectivity index (χ2v) is 6.91. The van der Waals surface area contributed by atoms with E-state index in [1.807, 2.05) is 30.5 Å². The van der Waals surface area contributed by atoms with Crippen molar-refractivity contribution in [3.8, 4) is 0 Å². The number of benzene rings is 2. The number of nitrogens with zero attached hydrogens (tertiary/aromatic N) is 1. The van der Waals surface area contributed by atoms with Gasteiger partial charge >= 0.3 is 0 Å². The Morgan fingerprint density at radius 3 is 2.82 bits per heavy atom. The minimum atomic E-state index is 0.140. The molecule has 0 saturated heterocycles. The van der Waals surface area contributed by atoms with E-state index in [4.69, 9.17) is 0 Å². The van der Waals surface area contributed by atoms with E-state index in [-0.39, 0.29) is 5.43 Å². The fraction of sp³-hybridized carbons (Fsp3) is 0.211. The van der Waals surface area contributed by atoms with E-state index in [0.29, 0.717) is 6.04 Å². The van der Waals surface area contributed by atoms with E-state index in [0.717, 1.165) is 27.8 Å². The molecular formula is C19H17NOS. The zero-order valence-electron chi connectivity index (χ0n) is 12.7. The van der Waals surface area contributed by atoms with Crippen molar-refractivity contribution in [2.24, 2.45) is 0 Å². The van der Waals surface area contributed by atoms with Crippen LogP contribution in [-0.4, -0.2) is 6.04 Å². The van der Waals surface area contributed by atoms with Crippen LogP contribution in [0.5, 0.6) is 0 Å². The molecule has 0 aliphatic carbocycles. The van der Waals surface area contributed by atoms with Gasteiger partial charge in [-0.05, 0) is 44.0 Å². The van der Waals surface area contributed by atoms with Crippen LogP contribution in [0.1, 0.15) is 18.1 Å². The first-order valence-electron chi connectivity index (χ1n) is 7.54. The summed E-state index contributed by atoms with van der Waals surface area (Å²) in [5, 5.41) is 2.84. The highest BCUT2D eigenvalue weighted by Crippen LogP contribution is 2.37. The molecule has 0 N–H and O–H groups in total. The molecule has 1 unspecified atom stereocenters. The number of rotatable bonds is 1. The fourth-order valence-electron chi connectivity index (χ4n) is 3.33. The lowest BCUT2D eigenvalue weighted by molar-refractivity contribution is 0.758. The zero-order valence-corrected chi connectivity index (χ0v) is 13.5. The number of fused-ring (bicyclic) bond motifs is 2. The fourth-order valence-corrected chi connectivity index (χ4v) is 4.22. The molecule has 22 heavy (non-hydrogen) atoms. The molecule has 1 aliphatic rings. The van der Waals surface area contributed by atoms with E-state index in [2.05, 4.69) is 36.1 Å². The molecular weight excluding hydrogens is 290 g/mol. The Labute approximate surface area is 133 Å². The Morgan fingerprint density at radius 2 is 1.95 bits per heavy atom. The van der Waals surface area contributed by atoms with Gasteiger partial charge in [-0.3, -0.25) is 4.79 Å². The van der Waals surface area contributed by atoms with Crippen LogP contribution in [0.4, 0.5) is 11.4 Å². The van der Waals surface area contributed by atoms with Crippen molar-refractivity contribution in [3.63, 3.8) is 0 Å². The van der Waals surface area contributed by atoms with Crippen molar-refractivity contribution >= 4 is 32.8 Å². The van der Waals surface area contributed by atoms with Crippen molar-refractivity contribution in [2.45, 2.75) is 26.3 Å². The molecule has 2 heterocycles. The summed E-state index contributed by atoms with van der Waals surface area (Å²) in [4.78, 5) is 15.2. The molecule has 0 bridgehead atoms. The summed E-state index contributed by atoms with van der Waals surface area (Å²) in [7, 11) is 0. The number of hydrogen-bond donors (Lipinski definition) is 0. The summed E-state index contributed by atoms with van der Waals surface area (Å²) >= 11 is 1.65. The molecule has 4 rings (SSSR count). The van der Waals surface area contributed by atoms with Crippen LogP contribution in [0.25, 0.3) is 10.1 Å². The molecule has 3 heteroatoms. The molecule has 1 aliphatic heterocycles. The standard InChI is InChI=1S/C19H17NOS/c1-12-7-8-18-15(9-12)19(21)17(11-22-18)20-13(2)10-14-5-3-4-6-16(14)20/h3-9,11,13H,10H2,1-2H3. The monoisotopic (exact) mass is 307 g/mol. The lowest BCUT2D eigenvalue weighted by Crippen LogP contribution is -2.28. The summed E-state index contributed by atoms with van der Waals surface area (Å²) < 4.78 is 1.06. The van der Waals surface area contributed by atoms with Crippen molar-refractivity contribution in [1.29, 1.82) is 0 Å². The summed E-state index contributed by atoms with van der Waals surface area (Å²) in [6.45, 7) is 4.22. The maximum Gasteiger partial charge on any atom is 0.211 e. The Bertz CT molecular complexity index is 928. The van der Waals surface area contributed by atoms with Gasteiger partial charge < -0.3 is 4.90 Å². The molecule has 0 radical (unpaired) electrons. The average molecular weight is 307 g/mol. The molecule has 0 saturated carbocycles. The zero-order chi connectivity index (χ0) is 15.3. The van der Waals surface area contributed by atoms with E-state index in [9.17, 15) is 4.79 Å². The topological polar surface area (TPSA) is 20.3 Å². The van der Waals surface area contributed by atoms with Gasteiger partial charge in [-0.25, -0.2) is 0 Å². The summed E-state index contributed by atoms with van der Waals surface area (Å²) in [6, 6.07) is 14.8. The molecule has 1 atom stereocenters. The highest BCUT2D eigenvalue weighted by molar-refractivity contribution is 7.16. The highest BCUT2D eigenvalue weighted by Gasteiger charge is 2.28. The maximum absolute atomic E-state index is 13.0. The Hall–Kier alpha value is -2.13.